The van der Waals surface area contributed by atoms with E-state index in [1.54, 1.807) is 29.1 Å². The van der Waals surface area contributed by atoms with Crippen LogP contribution in [0.25, 0.3) is 33.1 Å². The molecule has 0 aliphatic heterocycles. The summed E-state index contributed by atoms with van der Waals surface area (Å²) in [6.45, 7) is 2.02. The Labute approximate surface area is 177 Å². The highest BCUT2D eigenvalue weighted by molar-refractivity contribution is 6.09. The molecule has 0 spiro atoms. The van der Waals surface area contributed by atoms with Crippen molar-refractivity contribution in [3.63, 3.8) is 0 Å². The van der Waals surface area contributed by atoms with Gasteiger partial charge < -0.3 is 9.47 Å². The standard InChI is InChI=1S/C25H20N2O4/c1-3-31-25(29)22-18-11-4-6-13-20(18)27-24(28)19-12-5-7-14-21(19)26(27)23(22)16-9-8-10-17(15-16)30-2/h4-15H,3H2,1-2H3. The van der Waals surface area contributed by atoms with Gasteiger partial charge in [0.15, 0.2) is 0 Å². The first-order chi connectivity index (χ1) is 15.2. The van der Waals surface area contributed by atoms with Crippen molar-refractivity contribution in [1.29, 1.82) is 0 Å². The third-order valence-electron chi connectivity index (χ3n) is 5.43. The molecule has 0 saturated carbocycles. The molecule has 0 unspecified atom stereocenters. The quantitative estimate of drug-likeness (QED) is 0.406. The van der Waals surface area contributed by atoms with Crippen LogP contribution in [0.3, 0.4) is 0 Å². The number of hydrogen-bond donors (Lipinski definition) is 0. The Hall–Kier alpha value is -4.06. The van der Waals surface area contributed by atoms with Gasteiger partial charge in [-0.15, -0.1) is 0 Å². The predicted octanol–water partition coefficient (Wildman–Crippen LogP) is 4.56. The summed E-state index contributed by atoms with van der Waals surface area (Å²) in [5.74, 6) is 0.210. The van der Waals surface area contributed by atoms with E-state index in [-0.39, 0.29) is 12.2 Å². The first-order valence-corrected chi connectivity index (χ1v) is 10.0. The number of methoxy groups -OCH3 is 1. The van der Waals surface area contributed by atoms with Gasteiger partial charge in [-0.1, -0.05) is 42.5 Å². The largest absolute Gasteiger partial charge is 0.497 e. The third kappa shape index (κ3) is 2.79. The summed E-state index contributed by atoms with van der Waals surface area (Å²) in [4.78, 5) is 26.7. The molecule has 31 heavy (non-hydrogen) atoms. The number of rotatable bonds is 4. The monoisotopic (exact) mass is 412 g/mol. The van der Waals surface area contributed by atoms with Crippen LogP contribution >= 0.6 is 0 Å². The minimum absolute atomic E-state index is 0.147. The molecule has 6 heteroatoms. The lowest BCUT2D eigenvalue weighted by atomic mass is 10.0. The van der Waals surface area contributed by atoms with Gasteiger partial charge in [0.2, 0.25) is 0 Å². The highest BCUT2D eigenvalue weighted by Gasteiger charge is 2.25. The van der Waals surface area contributed by atoms with Crippen LogP contribution in [0.15, 0.2) is 77.6 Å². The number of fused-ring (bicyclic) bond motifs is 5. The van der Waals surface area contributed by atoms with Crippen LogP contribution in [0, 0.1) is 0 Å². The van der Waals surface area contributed by atoms with Crippen LogP contribution in [-0.2, 0) is 4.74 Å². The number of esters is 1. The maximum Gasteiger partial charge on any atom is 0.341 e. The van der Waals surface area contributed by atoms with Crippen LogP contribution in [-0.4, -0.2) is 28.7 Å². The van der Waals surface area contributed by atoms with Crippen molar-refractivity contribution in [1.82, 2.24) is 9.03 Å². The molecular weight excluding hydrogens is 392 g/mol. The summed E-state index contributed by atoms with van der Waals surface area (Å²) in [5.41, 5.74) is 2.93. The SMILES string of the molecule is CCOC(=O)c1c(-c2cccc(OC)c2)n2c3ccccc3c(=O)n2c2ccccc12. The van der Waals surface area contributed by atoms with Gasteiger partial charge >= 0.3 is 5.97 Å². The maximum atomic E-state index is 13.4. The highest BCUT2D eigenvalue weighted by Crippen LogP contribution is 2.33. The van der Waals surface area contributed by atoms with E-state index in [0.29, 0.717) is 38.8 Å². The molecule has 0 radical (unpaired) electrons. The van der Waals surface area contributed by atoms with Crippen LogP contribution in [0.4, 0.5) is 0 Å². The summed E-state index contributed by atoms with van der Waals surface area (Å²) >= 11 is 0. The minimum atomic E-state index is -0.441. The molecule has 6 nitrogen and oxygen atoms in total. The average molecular weight is 412 g/mol. The molecular formula is C25H20N2O4. The van der Waals surface area contributed by atoms with Crippen LogP contribution in [0.5, 0.6) is 5.75 Å². The molecule has 0 atom stereocenters. The van der Waals surface area contributed by atoms with Crippen molar-refractivity contribution >= 4 is 27.8 Å². The zero-order chi connectivity index (χ0) is 21.5. The van der Waals surface area contributed by atoms with Crippen molar-refractivity contribution in [2.75, 3.05) is 13.7 Å². The van der Waals surface area contributed by atoms with E-state index >= 15 is 0 Å². The van der Waals surface area contributed by atoms with E-state index in [0.717, 1.165) is 5.56 Å². The number of hydrogen-bond acceptors (Lipinski definition) is 4. The molecule has 2 aromatic heterocycles. The molecule has 5 aromatic rings. The van der Waals surface area contributed by atoms with Gasteiger partial charge in [-0.3, -0.25) is 4.79 Å². The Morgan fingerprint density at radius 2 is 1.55 bits per heavy atom. The van der Waals surface area contributed by atoms with Crippen molar-refractivity contribution in [3.05, 3.63) is 88.7 Å². The Bertz CT molecular complexity index is 1530. The van der Waals surface area contributed by atoms with Crippen LogP contribution in [0.1, 0.15) is 17.3 Å². The molecule has 0 saturated heterocycles. The zero-order valence-electron chi connectivity index (χ0n) is 17.2. The van der Waals surface area contributed by atoms with E-state index in [9.17, 15) is 9.59 Å². The molecule has 0 N–H and O–H groups in total. The van der Waals surface area contributed by atoms with Crippen LogP contribution < -0.4 is 10.3 Å². The molecule has 2 heterocycles. The van der Waals surface area contributed by atoms with Crippen molar-refractivity contribution in [2.24, 2.45) is 0 Å². The summed E-state index contributed by atoms with van der Waals surface area (Å²) in [7, 11) is 1.59. The molecule has 0 aliphatic rings. The highest BCUT2D eigenvalue weighted by atomic mass is 16.5. The summed E-state index contributed by atoms with van der Waals surface area (Å²) in [6.07, 6.45) is 0. The first-order valence-electron chi connectivity index (χ1n) is 10.0. The van der Waals surface area contributed by atoms with E-state index in [1.165, 1.54) is 0 Å². The fourth-order valence-corrected chi connectivity index (χ4v) is 4.14. The van der Waals surface area contributed by atoms with Gasteiger partial charge in [-0.05, 0) is 37.3 Å². The van der Waals surface area contributed by atoms with E-state index in [2.05, 4.69) is 0 Å². The molecule has 5 rings (SSSR count). The number of benzene rings is 3. The van der Waals surface area contributed by atoms with Crippen molar-refractivity contribution in [2.45, 2.75) is 6.92 Å². The second-order valence-electron chi connectivity index (χ2n) is 7.14. The van der Waals surface area contributed by atoms with E-state index < -0.39 is 5.97 Å². The van der Waals surface area contributed by atoms with Gasteiger partial charge in [0.1, 0.15) is 5.75 Å². The number of carbonyl (C=O) groups excluding carboxylic acids is 1. The second kappa shape index (κ2) is 7.32. The molecule has 0 bridgehead atoms. The number of ether oxygens (including phenoxy) is 2. The fourth-order valence-electron chi connectivity index (χ4n) is 4.14. The Morgan fingerprint density at radius 3 is 2.26 bits per heavy atom. The number of para-hydroxylation sites is 2. The van der Waals surface area contributed by atoms with Gasteiger partial charge in [0.25, 0.3) is 5.56 Å². The normalized spacial score (nSPS) is 11.3. The molecule has 0 fully saturated rings. The smallest absolute Gasteiger partial charge is 0.341 e. The Morgan fingerprint density at radius 1 is 0.871 bits per heavy atom. The maximum absolute atomic E-state index is 13.4. The van der Waals surface area contributed by atoms with Gasteiger partial charge in [-0.25, -0.2) is 13.8 Å². The minimum Gasteiger partial charge on any atom is -0.497 e. The van der Waals surface area contributed by atoms with Gasteiger partial charge in [-0.2, -0.15) is 0 Å². The average Bonchev–Trinajstić information content (AvgIpc) is 3.11. The third-order valence-corrected chi connectivity index (χ3v) is 5.43. The zero-order valence-corrected chi connectivity index (χ0v) is 17.2. The lowest BCUT2D eigenvalue weighted by molar-refractivity contribution is 0.0529. The van der Waals surface area contributed by atoms with Crippen LogP contribution in [0.2, 0.25) is 0 Å². The second-order valence-corrected chi connectivity index (χ2v) is 7.14. The van der Waals surface area contributed by atoms with E-state index in [1.807, 2.05) is 66.7 Å². The summed E-state index contributed by atoms with van der Waals surface area (Å²) in [6, 6.07) is 22.2. The van der Waals surface area contributed by atoms with Crippen molar-refractivity contribution < 1.29 is 14.3 Å². The Kier molecular flexibility index (Phi) is 4.47. The number of carbonyl (C=O) groups is 1. The lowest BCUT2D eigenvalue weighted by Gasteiger charge is -2.17. The first kappa shape index (κ1) is 18.9. The molecule has 0 amide bonds. The predicted molar refractivity (Wildman–Crippen MR) is 120 cm³/mol. The van der Waals surface area contributed by atoms with Crippen molar-refractivity contribution in [3.8, 4) is 17.0 Å². The Balaban J connectivity index is 2.10. The van der Waals surface area contributed by atoms with Gasteiger partial charge in [0.05, 0.1) is 41.4 Å². The summed E-state index contributed by atoms with van der Waals surface area (Å²) in [5, 5.41) is 1.22. The molecule has 0 aliphatic carbocycles. The van der Waals surface area contributed by atoms with Gasteiger partial charge in [0, 0.05) is 10.9 Å². The summed E-state index contributed by atoms with van der Waals surface area (Å²) < 4.78 is 14.3. The topological polar surface area (TPSA) is 61.4 Å². The number of aromatic nitrogens is 2. The molecule has 154 valence electrons. The number of nitrogens with zero attached hydrogens (tertiary/aromatic N) is 2. The lowest BCUT2D eigenvalue weighted by Crippen LogP contribution is -2.18. The fraction of sp³-hybridized carbons (Fsp3) is 0.120. The molecule has 3 aromatic carbocycles. The van der Waals surface area contributed by atoms with E-state index in [4.69, 9.17) is 9.47 Å².